The minimum Gasteiger partial charge on any atom is -0.454 e. The highest BCUT2D eigenvalue weighted by Gasteiger charge is 2.15. The second-order valence-electron chi connectivity index (χ2n) is 7.60. The third-order valence-corrected chi connectivity index (χ3v) is 5.43. The second kappa shape index (κ2) is 9.32. The van der Waals surface area contributed by atoms with E-state index in [1.807, 2.05) is 37.3 Å². The number of carbonyl (C=O) groups is 1. The fourth-order valence-electron chi connectivity index (χ4n) is 3.39. The van der Waals surface area contributed by atoms with Gasteiger partial charge in [0, 0.05) is 48.9 Å². The summed E-state index contributed by atoms with van der Waals surface area (Å²) in [5.41, 5.74) is 3.50. The van der Waals surface area contributed by atoms with Gasteiger partial charge in [-0.05, 0) is 41.8 Å². The molecule has 0 unspecified atom stereocenters. The lowest BCUT2D eigenvalue weighted by Gasteiger charge is -2.09. The van der Waals surface area contributed by atoms with Crippen LogP contribution in [-0.4, -0.2) is 20.5 Å². The van der Waals surface area contributed by atoms with E-state index in [-0.39, 0.29) is 17.2 Å². The summed E-state index contributed by atoms with van der Waals surface area (Å²) in [5, 5.41) is 4.74. The molecule has 7 heteroatoms. The molecule has 0 saturated carbocycles. The van der Waals surface area contributed by atoms with Crippen molar-refractivity contribution in [1.82, 2.24) is 14.8 Å². The molecule has 2 heterocycles. The molecule has 0 radical (unpaired) electrons. The van der Waals surface area contributed by atoms with Gasteiger partial charge in [-0.3, -0.25) is 14.5 Å². The first-order valence-corrected chi connectivity index (χ1v) is 10.4. The minimum atomic E-state index is -0.557. The van der Waals surface area contributed by atoms with Crippen LogP contribution in [0.2, 0.25) is 5.02 Å². The lowest BCUT2D eigenvalue weighted by atomic mass is 10.0. The quantitative estimate of drug-likeness (QED) is 0.361. The number of aryl methyl sites for hydroxylation is 2. The fraction of sp³-hybridized carbons (Fsp3) is 0.160. The number of hydrogen-bond acceptors (Lipinski definition) is 4. The molecule has 0 aliphatic carbocycles. The lowest BCUT2D eigenvalue weighted by Crippen LogP contribution is -2.06. The highest BCUT2D eigenvalue weighted by atomic mass is 35.5. The van der Waals surface area contributed by atoms with Crippen LogP contribution in [0.1, 0.15) is 16.7 Å². The normalized spacial score (nSPS) is 10.9. The van der Waals surface area contributed by atoms with Crippen LogP contribution in [0.5, 0.6) is 11.5 Å². The Hall–Kier alpha value is -3.51. The van der Waals surface area contributed by atoms with Crippen LogP contribution in [0.4, 0.5) is 4.39 Å². The zero-order valence-electron chi connectivity index (χ0n) is 17.7. The Morgan fingerprint density at radius 3 is 2.50 bits per heavy atom. The van der Waals surface area contributed by atoms with Crippen LogP contribution >= 0.6 is 11.6 Å². The van der Waals surface area contributed by atoms with Gasteiger partial charge in [-0.2, -0.15) is 5.10 Å². The monoisotopic (exact) mass is 449 g/mol. The summed E-state index contributed by atoms with van der Waals surface area (Å²) in [7, 11) is 1.75. The SMILES string of the molecule is Cc1cc(CC(=O)Cc2ccc(Oc3ccnc(-c4cnn(C)c4)c3F)cc2)ccc1Cl. The molecule has 0 atom stereocenters. The highest BCUT2D eigenvalue weighted by Crippen LogP contribution is 2.30. The molecule has 0 aliphatic heterocycles. The molecule has 0 fully saturated rings. The van der Waals surface area contributed by atoms with Crippen LogP contribution in [0.3, 0.4) is 0 Å². The van der Waals surface area contributed by atoms with Crippen LogP contribution in [0, 0.1) is 12.7 Å². The van der Waals surface area contributed by atoms with Crippen LogP contribution in [0.25, 0.3) is 11.3 Å². The summed E-state index contributed by atoms with van der Waals surface area (Å²) in [6.07, 6.45) is 5.37. The topological polar surface area (TPSA) is 57.0 Å². The zero-order valence-corrected chi connectivity index (χ0v) is 18.4. The molecule has 0 N–H and O–H groups in total. The van der Waals surface area contributed by atoms with Gasteiger partial charge < -0.3 is 4.74 Å². The Balaban J connectivity index is 1.42. The van der Waals surface area contributed by atoms with Gasteiger partial charge >= 0.3 is 0 Å². The first-order chi connectivity index (χ1) is 15.4. The number of Topliss-reactive ketones (excluding diaryl/α,β-unsaturated/α-hetero) is 1. The van der Waals surface area contributed by atoms with Crippen molar-refractivity contribution in [3.8, 4) is 22.8 Å². The molecule has 0 bridgehead atoms. The first kappa shape index (κ1) is 21.7. The number of benzene rings is 2. The molecule has 4 rings (SSSR count). The number of nitrogens with zero attached hydrogens (tertiary/aromatic N) is 3. The predicted molar refractivity (Wildman–Crippen MR) is 122 cm³/mol. The third kappa shape index (κ3) is 5.03. The lowest BCUT2D eigenvalue weighted by molar-refractivity contribution is -0.117. The van der Waals surface area contributed by atoms with Crippen LogP contribution in [-0.2, 0) is 24.7 Å². The van der Waals surface area contributed by atoms with E-state index in [0.717, 1.165) is 16.7 Å². The minimum absolute atomic E-state index is 0.0702. The van der Waals surface area contributed by atoms with Crippen molar-refractivity contribution >= 4 is 17.4 Å². The Morgan fingerprint density at radius 1 is 1.09 bits per heavy atom. The molecule has 5 nitrogen and oxygen atoms in total. The molecule has 32 heavy (non-hydrogen) atoms. The second-order valence-corrected chi connectivity index (χ2v) is 8.00. The van der Waals surface area contributed by atoms with Crippen molar-refractivity contribution in [2.24, 2.45) is 7.05 Å². The van der Waals surface area contributed by atoms with Gasteiger partial charge in [0.2, 0.25) is 0 Å². The van der Waals surface area contributed by atoms with E-state index in [0.29, 0.717) is 29.2 Å². The number of aromatic nitrogens is 3. The molecular weight excluding hydrogens is 429 g/mol. The van der Waals surface area contributed by atoms with Gasteiger partial charge in [0.1, 0.15) is 17.2 Å². The van der Waals surface area contributed by atoms with E-state index in [4.69, 9.17) is 16.3 Å². The average molecular weight is 450 g/mol. The van der Waals surface area contributed by atoms with E-state index in [1.165, 1.54) is 12.3 Å². The van der Waals surface area contributed by atoms with Crippen molar-refractivity contribution in [2.45, 2.75) is 19.8 Å². The van der Waals surface area contributed by atoms with Gasteiger partial charge in [0.25, 0.3) is 0 Å². The Labute approximate surface area is 190 Å². The standard InChI is InChI=1S/C25H21ClFN3O2/c1-16-11-18(5-8-22(16)26)13-20(31)12-17-3-6-21(7-4-17)32-23-9-10-28-25(24(23)27)19-14-29-30(2)15-19/h3-11,14-15H,12-13H2,1-2H3. The van der Waals surface area contributed by atoms with Crippen LogP contribution in [0.15, 0.2) is 67.1 Å². The summed E-state index contributed by atoms with van der Waals surface area (Å²) in [5.74, 6) is 0.0808. The number of rotatable bonds is 7. The Bertz CT molecular complexity index is 1270. The Kier molecular flexibility index (Phi) is 6.32. The smallest absolute Gasteiger partial charge is 0.192 e. The largest absolute Gasteiger partial charge is 0.454 e. The molecular formula is C25H21ClFN3O2. The van der Waals surface area contributed by atoms with Gasteiger partial charge in [-0.1, -0.05) is 35.9 Å². The zero-order chi connectivity index (χ0) is 22.7. The number of halogens is 2. The molecule has 2 aromatic carbocycles. The van der Waals surface area contributed by atoms with Gasteiger partial charge in [0.05, 0.1) is 6.20 Å². The van der Waals surface area contributed by atoms with E-state index < -0.39 is 5.82 Å². The number of pyridine rings is 1. The predicted octanol–water partition coefficient (Wildman–Crippen LogP) is 5.73. The highest BCUT2D eigenvalue weighted by molar-refractivity contribution is 6.31. The van der Waals surface area contributed by atoms with Crippen molar-refractivity contribution in [1.29, 1.82) is 0 Å². The average Bonchev–Trinajstić information content (AvgIpc) is 3.19. The molecule has 0 saturated heterocycles. The maximum atomic E-state index is 14.9. The molecule has 0 aliphatic rings. The maximum absolute atomic E-state index is 14.9. The van der Waals surface area contributed by atoms with E-state index in [1.54, 1.807) is 36.3 Å². The number of hydrogen-bond donors (Lipinski definition) is 0. The van der Waals surface area contributed by atoms with Gasteiger partial charge in [0.15, 0.2) is 11.6 Å². The van der Waals surface area contributed by atoms with E-state index in [9.17, 15) is 9.18 Å². The number of ketones is 1. The molecule has 2 aromatic heterocycles. The Morgan fingerprint density at radius 2 is 1.81 bits per heavy atom. The van der Waals surface area contributed by atoms with Crippen molar-refractivity contribution < 1.29 is 13.9 Å². The summed E-state index contributed by atoms with van der Waals surface area (Å²) < 4.78 is 22.2. The van der Waals surface area contributed by atoms with Gasteiger partial charge in [-0.25, -0.2) is 4.39 Å². The van der Waals surface area contributed by atoms with E-state index >= 15 is 0 Å². The molecule has 162 valence electrons. The van der Waals surface area contributed by atoms with Crippen molar-refractivity contribution in [3.63, 3.8) is 0 Å². The first-order valence-electron chi connectivity index (χ1n) is 10.1. The number of carbonyl (C=O) groups excluding carboxylic acids is 1. The van der Waals surface area contributed by atoms with Gasteiger partial charge in [-0.15, -0.1) is 0 Å². The summed E-state index contributed by atoms with van der Waals surface area (Å²) in [6.45, 7) is 1.92. The van der Waals surface area contributed by atoms with Crippen molar-refractivity contribution in [2.75, 3.05) is 0 Å². The number of ether oxygens (including phenoxy) is 1. The summed E-state index contributed by atoms with van der Waals surface area (Å²) >= 11 is 6.04. The van der Waals surface area contributed by atoms with Crippen LogP contribution < -0.4 is 4.74 Å². The maximum Gasteiger partial charge on any atom is 0.192 e. The molecule has 0 amide bonds. The fourth-order valence-corrected chi connectivity index (χ4v) is 3.50. The summed E-state index contributed by atoms with van der Waals surface area (Å²) in [4.78, 5) is 16.5. The molecule has 4 aromatic rings. The summed E-state index contributed by atoms with van der Waals surface area (Å²) in [6, 6.07) is 14.1. The van der Waals surface area contributed by atoms with Crippen molar-refractivity contribution in [3.05, 3.63) is 94.7 Å². The molecule has 0 spiro atoms. The third-order valence-electron chi connectivity index (χ3n) is 5.01. The van der Waals surface area contributed by atoms with E-state index in [2.05, 4.69) is 10.1 Å².